The van der Waals surface area contributed by atoms with Crippen LogP contribution in [-0.4, -0.2) is 17.5 Å². The van der Waals surface area contributed by atoms with Gasteiger partial charge in [0.2, 0.25) is 5.78 Å². The van der Waals surface area contributed by atoms with Gasteiger partial charge in [0.05, 0.1) is 5.56 Å². The Bertz CT molecular complexity index is 1350. The summed E-state index contributed by atoms with van der Waals surface area (Å²) in [6.45, 7) is 2.14. The first kappa shape index (κ1) is 27.1. The van der Waals surface area contributed by atoms with Gasteiger partial charge in [-0.05, 0) is 60.4 Å². The first-order valence-electron chi connectivity index (χ1n) is 13.0. The Morgan fingerprint density at radius 2 is 1.24 bits per heavy atom. The predicted molar refractivity (Wildman–Crippen MR) is 155 cm³/mol. The van der Waals surface area contributed by atoms with Crippen LogP contribution in [0.5, 0.6) is 0 Å². The van der Waals surface area contributed by atoms with Gasteiger partial charge < -0.3 is 4.84 Å². The molecule has 0 N–H and O–H groups in total. The van der Waals surface area contributed by atoms with Crippen molar-refractivity contribution in [3.8, 4) is 11.1 Å². The highest BCUT2D eigenvalue weighted by atomic mass is 32.2. The summed E-state index contributed by atoms with van der Waals surface area (Å²) in [6, 6.07) is 34.8. The van der Waals surface area contributed by atoms with E-state index in [2.05, 4.69) is 48.5 Å². The molecule has 4 rings (SSSR count). The van der Waals surface area contributed by atoms with Crippen molar-refractivity contribution < 1.29 is 14.4 Å². The van der Waals surface area contributed by atoms with Crippen molar-refractivity contribution in [2.75, 3.05) is 0 Å². The van der Waals surface area contributed by atoms with Crippen molar-refractivity contribution in [2.24, 2.45) is 5.16 Å². The third-order valence-electron chi connectivity index (χ3n) is 6.09. The predicted octanol–water partition coefficient (Wildman–Crippen LogP) is 8.87. The Kier molecular flexibility index (Phi) is 10.1. The maximum atomic E-state index is 13.3. The first-order valence-corrected chi connectivity index (χ1v) is 13.8. The normalized spacial score (nSPS) is 11.2. The minimum Gasteiger partial charge on any atom is -0.312 e. The maximum Gasteiger partial charge on any atom is 0.365 e. The summed E-state index contributed by atoms with van der Waals surface area (Å²) in [5, 5.41) is 4.01. The summed E-state index contributed by atoms with van der Waals surface area (Å²) < 4.78 is 0. The highest BCUT2D eigenvalue weighted by Crippen LogP contribution is 2.29. The van der Waals surface area contributed by atoms with Crippen molar-refractivity contribution in [1.29, 1.82) is 0 Å². The second-order valence-electron chi connectivity index (χ2n) is 8.94. The van der Waals surface area contributed by atoms with Crippen LogP contribution in [0.15, 0.2) is 124 Å². The molecule has 0 saturated carbocycles. The van der Waals surface area contributed by atoms with Crippen LogP contribution in [0.4, 0.5) is 0 Å². The number of oxime groups is 1. The van der Waals surface area contributed by atoms with E-state index in [0.717, 1.165) is 36.8 Å². The highest BCUT2D eigenvalue weighted by Gasteiger charge is 2.17. The van der Waals surface area contributed by atoms with Crippen molar-refractivity contribution in [1.82, 2.24) is 0 Å². The number of ketones is 1. The van der Waals surface area contributed by atoms with E-state index in [1.54, 1.807) is 36.0 Å². The Labute approximate surface area is 228 Å². The zero-order valence-corrected chi connectivity index (χ0v) is 22.3. The standard InChI is InChI=1S/C33H31NO3S/c1-2-3-4-11-16-31(34-37-33(36)28-12-7-5-8-13-28)32(35)27-19-17-25(18-20-27)26-21-23-30(24-22-26)38-29-14-9-6-10-15-29/h5-10,12-15,17-24H,2-4,11,16H2,1H3. The molecule has 0 unspecified atom stereocenters. The van der Waals surface area contributed by atoms with Crippen LogP contribution in [0.25, 0.3) is 11.1 Å². The number of hydrogen-bond donors (Lipinski definition) is 0. The molecule has 0 fully saturated rings. The summed E-state index contributed by atoms with van der Waals surface area (Å²) in [5.74, 6) is -0.794. The van der Waals surface area contributed by atoms with Gasteiger partial charge in [0.15, 0.2) is 0 Å². The number of rotatable bonds is 12. The SMILES string of the molecule is CCCCCCC(=NOC(=O)c1ccccc1)C(=O)c1ccc(-c2ccc(Sc3ccccc3)cc2)cc1. The Hall–Kier alpha value is -3.96. The van der Waals surface area contributed by atoms with E-state index in [0.29, 0.717) is 17.5 Å². The molecule has 0 bridgehead atoms. The molecular formula is C33H31NO3S. The second kappa shape index (κ2) is 14.1. The number of carbonyl (C=O) groups excluding carboxylic acids is 2. The van der Waals surface area contributed by atoms with Gasteiger partial charge in [-0.3, -0.25) is 4.79 Å². The van der Waals surface area contributed by atoms with E-state index in [1.165, 1.54) is 9.79 Å². The van der Waals surface area contributed by atoms with Crippen molar-refractivity contribution in [2.45, 2.75) is 48.8 Å². The van der Waals surface area contributed by atoms with E-state index in [-0.39, 0.29) is 11.5 Å². The third-order valence-corrected chi connectivity index (χ3v) is 7.11. The summed E-state index contributed by atoms with van der Waals surface area (Å²) in [4.78, 5) is 33.2. The fourth-order valence-corrected chi connectivity index (χ4v) is 4.80. The molecule has 0 amide bonds. The van der Waals surface area contributed by atoms with Crippen LogP contribution < -0.4 is 0 Å². The van der Waals surface area contributed by atoms with Gasteiger partial charge in [-0.15, -0.1) is 0 Å². The van der Waals surface area contributed by atoms with Gasteiger partial charge in [0.1, 0.15) is 5.71 Å². The largest absolute Gasteiger partial charge is 0.365 e. The quantitative estimate of drug-likeness (QED) is 0.0614. The van der Waals surface area contributed by atoms with Crippen molar-refractivity contribution in [3.05, 3.63) is 120 Å². The van der Waals surface area contributed by atoms with E-state index in [4.69, 9.17) is 4.84 Å². The zero-order chi connectivity index (χ0) is 26.6. The lowest BCUT2D eigenvalue weighted by molar-refractivity contribution is 0.0514. The van der Waals surface area contributed by atoms with Gasteiger partial charge in [-0.2, -0.15) is 0 Å². The molecule has 5 heteroatoms. The molecule has 192 valence electrons. The smallest absolute Gasteiger partial charge is 0.312 e. The molecule has 38 heavy (non-hydrogen) atoms. The molecule has 0 radical (unpaired) electrons. The summed E-state index contributed by atoms with van der Waals surface area (Å²) >= 11 is 1.72. The topological polar surface area (TPSA) is 55.7 Å². The molecule has 4 aromatic rings. The molecule has 0 spiro atoms. The van der Waals surface area contributed by atoms with Crippen molar-refractivity contribution >= 4 is 29.2 Å². The lowest BCUT2D eigenvalue weighted by atomic mass is 9.99. The van der Waals surface area contributed by atoms with Gasteiger partial charge in [-0.25, -0.2) is 4.79 Å². The van der Waals surface area contributed by atoms with E-state index >= 15 is 0 Å². The molecular weight excluding hydrogens is 490 g/mol. The molecule has 4 aromatic carbocycles. The molecule has 0 aliphatic heterocycles. The zero-order valence-electron chi connectivity index (χ0n) is 21.5. The van der Waals surface area contributed by atoms with Crippen LogP contribution in [0.2, 0.25) is 0 Å². The van der Waals surface area contributed by atoms with Gasteiger partial charge in [0, 0.05) is 15.4 Å². The summed E-state index contributed by atoms with van der Waals surface area (Å²) in [7, 11) is 0. The minimum absolute atomic E-state index is 0.219. The monoisotopic (exact) mass is 521 g/mol. The molecule has 0 saturated heterocycles. The lowest BCUT2D eigenvalue weighted by Gasteiger charge is -2.08. The highest BCUT2D eigenvalue weighted by molar-refractivity contribution is 7.99. The molecule has 0 heterocycles. The number of carbonyl (C=O) groups is 2. The third kappa shape index (κ3) is 7.77. The molecule has 0 aromatic heterocycles. The van der Waals surface area contributed by atoms with E-state index in [1.807, 2.05) is 48.5 Å². The first-order chi connectivity index (χ1) is 18.6. The average Bonchev–Trinajstić information content (AvgIpc) is 2.98. The Balaban J connectivity index is 1.45. The van der Waals surface area contributed by atoms with Gasteiger partial charge in [-0.1, -0.05) is 116 Å². The van der Waals surface area contributed by atoms with E-state index in [9.17, 15) is 9.59 Å². The molecule has 0 aliphatic rings. The van der Waals surface area contributed by atoms with E-state index < -0.39 is 5.97 Å². The van der Waals surface area contributed by atoms with Crippen LogP contribution in [-0.2, 0) is 4.84 Å². The van der Waals surface area contributed by atoms with Crippen LogP contribution in [0.3, 0.4) is 0 Å². The lowest BCUT2D eigenvalue weighted by Crippen LogP contribution is -2.16. The average molecular weight is 522 g/mol. The Morgan fingerprint density at radius 3 is 1.87 bits per heavy atom. The number of hydrogen-bond acceptors (Lipinski definition) is 5. The number of nitrogens with zero attached hydrogens (tertiary/aromatic N) is 1. The number of unbranched alkanes of at least 4 members (excludes halogenated alkanes) is 3. The maximum absolute atomic E-state index is 13.3. The van der Waals surface area contributed by atoms with Crippen LogP contribution >= 0.6 is 11.8 Å². The molecule has 0 atom stereocenters. The van der Waals surface area contributed by atoms with Crippen LogP contribution in [0.1, 0.15) is 59.7 Å². The fraction of sp³-hybridized carbons (Fsp3) is 0.182. The summed E-state index contributed by atoms with van der Waals surface area (Å²) in [5.41, 5.74) is 3.28. The second-order valence-corrected chi connectivity index (χ2v) is 10.1. The minimum atomic E-state index is -0.575. The molecule has 4 nitrogen and oxygen atoms in total. The van der Waals surface area contributed by atoms with Crippen molar-refractivity contribution in [3.63, 3.8) is 0 Å². The number of Topliss-reactive ketones (excluding diaryl/α,β-unsaturated/α-hetero) is 1. The summed E-state index contributed by atoms with van der Waals surface area (Å²) in [6.07, 6.45) is 4.45. The van der Waals surface area contributed by atoms with Gasteiger partial charge >= 0.3 is 5.97 Å². The fourth-order valence-electron chi connectivity index (χ4n) is 3.96. The molecule has 0 aliphatic carbocycles. The Morgan fingerprint density at radius 1 is 0.658 bits per heavy atom. The van der Waals surface area contributed by atoms with Gasteiger partial charge in [0.25, 0.3) is 0 Å². The van der Waals surface area contributed by atoms with Crippen LogP contribution in [0, 0.1) is 0 Å². The number of benzene rings is 4.